The normalized spacial score (nSPS) is 26.9. The van der Waals surface area contributed by atoms with Crippen molar-refractivity contribution in [1.82, 2.24) is 0 Å². The molecule has 1 aliphatic carbocycles. The minimum absolute atomic E-state index is 0.200. The Bertz CT molecular complexity index is 423. The first-order valence-corrected chi connectivity index (χ1v) is 5.15. The van der Waals surface area contributed by atoms with Gasteiger partial charge in [0.25, 0.3) is 5.92 Å². The molecule has 2 rings (SSSR count). The Hall–Kier alpha value is -1.51. The Morgan fingerprint density at radius 3 is 2.50 bits per heavy atom. The number of benzene rings is 1. The highest BCUT2D eigenvalue weighted by Gasteiger charge is 2.67. The second kappa shape index (κ2) is 3.81. The molecule has 0 N–H and O–H groups in total. The number of rotatable bonds is 3. The average molecular weight is 222 g/mol. The van der Waals surface area contributed by atoms with E-state index in [9.17, 15) is 13.6 Å². The van der Waals surface area contributed by atoms with Gasteiger partial charge >= 0.3 is 0 Å². The number of carbonyl (C=O) groups is 1. The second-order valence-corrected chi connectivity index (χ2v) is 4.06. The van der Waals surface area contributed by atoms with Gasteiger partial charge in [-0.1, -0.05) is 36.4 Å². The van der Waals surface area contributed by atoms with E-state index in [-0.39, 0.29) is 5.78 Å². The molecule has 1 unspecified atom stereocenters. The van der Waals surface area contributed by atoms with E-state index in [4.69, 9.17) is 0 Å². The summed E-state index contributed by atoms with van der Waals surface area (Å²) in [7, 11) is 0. The SMILES string of the molecule is CC(=O)/C=C/[C@@H]1C(c2ccccc2)C1(F)F. The molecule has 1 aromatic carbocycles. The first kappa shape index (κ1) is 11.0. The minimum atomic E-state index is -2.71. The molecule has 0 radical (unpaired) electrons. The number of hydrogen-bond acceptors (Lipinski definition) is 1. The predicted octanol–water partition coefficient (Wildman–Crippen LogP) is 3.18. The summed E-state index contributed by atoms with van der Waals surface area (Å²) in [6.07, 6.45) is 2.54. The second-order valence-electron chi connectivity index (χ2n) is 4.06. The van der Waals surface area contributed by atoms with E-state index < -0.39 is 17.8 Å². The van der Waals surface area contributed by atoms with Gasteiger partial charge in [-0.25, -0.2) is 8.78 Å². The third-order valence-corrected chi connectivity index (χ3v) is 2.81. The predicted molar refractivity (Wildman–Crippen MR) is 57.4 cm³/mol. The van der Waals surface area contributed by atoms with Crippen LogP contribution in [0.2, 0.25) is 0 Å². The summed E-state index contributed by atoms with van der Waals surface area (Å²) in [4.78, 5) is 10.7. The number of halogens is 2. The van der Waals surface area contributed by atoms with Crippen molar-refractivity contribution in [2.24, 2.45) is 5.92 Å². The van der Waals surface area contributed by atoms with Gasteiger partial charge in [-0.05, 0) is 18.6 Å². The van der Waals surface area contributed by atoms with Gasteiger partial charge in [0.2, 0.25) is 0 Å². The number of allylic oxidation sites excluding steroid dienone is 2. The minimum Gasteiger partial charge on any atom is -0.295 e. The van der Waals surface area contributed by atoms with E-state index in [1.165, 1.54) is 19.1 Å². The van der Waals surface area contributed by atoms with Crippen molar-refractivity contribution in [2.45, 2.75) is 18.8 Å². The first-order valence-electron chi connectivity index (χ1n) is 5.15. The van der Waals surface area contributed by atoms with Crippen molar-refractivity contribution < 1.29 is 13.6 Å². The molecule has 0 amide bonds. The monoisotopic (exact) mass is 222 g/mol. The Balaban J connectivity index is 2.17. The summed E-state index contributed by atoms with van der Waals surface area (Å²) in [5.41, 5.74) is 0.630. The van der Waals surface area contributed by atoms with Gasteiger partial charge in [0.15, 0.2) is 5.78 Å². The van der Waals surface area contributed by atoms with Crippen LogP contribution in [0.1, 0.15) is 18.4 Å². The lowest BCUT2D eigenvalue weighted by molar-refractivity contribution is -0.112. The van der Waals surface area contributed by atoms with Crippen LogP contribution in [0.15, 0.2) is 42.5 Å². The maximum Gasteiger partial charge on any atom is 0.262 e. The maximum atomic E-state index is 13.4. The molecule has 3 heteroatoms. The summed E-state index contributed by atoms with van der Waals surface area (Å²) in [5, 5.41) is 0. The standard InChI is InChI=1S/C13H12F2O/c1-9(16)7-8-11-12(13(11,14)15)10-5-3-2-4-6-10/h2-8,11-12H,1H3/b8-7+/t11-,12?/m1/s1. The smallest absolute Gasteiger partial charge is 0.262 e. The molecule has 0 bridgehead atoms. The third kappa shape index (κ3) is 1.90. The third-order valence-electron chi connectivity index (χ3n) is 2.81. The van der Waals surface area contributed by atoms with Gasteiger partial charge in [-0.3, -0.25) is 4.79 Å². The highest BCUT2D eigenvalue weighted by molar-refractivity contribution is 5.87. The van der Waals surface area contributed by atoms with Crippen molar-refractivity contribution in [3.8, 4) is 0 Å². The van der Waals surface area contributed by atoms with Crippen LogP contribution in [0.5, 0.6) is 0 Å². The lowest BCUT2D eigenvalue weighted by atomic mass is 10.1. The Labute approximate surface area is 92.8 Å². The zero-order valence-electron chi connectivity index (χ0n) is 8.86. The number of hydrogen-bond donors (Lipinski definition) is 0. The summed E-state index contributed by atoms with van der Waals surface area (Å²) in [6, 6.07) is 8.68. The topological polar surface area (TPSA) is 17.1 Å². The van der Waals surface area contributed by atoms with Crippen molar-refractivity contribution in [1.29, 1.82) is 0 Å². The highest BCUT2D eigenvalue weighted by atomic mass is 19.3. The molecule has 84 valence electrons. The first-order chi connectivity index (χ1) is 7.53. The molecule has 1 aliphatic rings. The van der Waals surface area contributed by atoms with Crippen LogP contribution in [0.3, 0.4) is 0 Å². The van der Waals surface area contributed by atoms with Gasteiger partial charge < -0.3 is 0 Å². The number of alkyl halides is 2. The summed E-state index contributed by atoms with van der Waals surface area (Å²) in [6.45, 7) is 1.36. The molecule has 0 aromatic heterocycles. The molecule has 1 saturated carbocycles. The van der Waals surface area contributed by atoms with Crippen molar-refractivity contribution in [3.63, 3.8) is 0 Å². The fraction of sp³-hybridized carbons (Fsp3) is 0.308. The Morgan fingerprint density at radius 1 is 1.31 bits per heavy atom. The van der Waals surface area contributed by atoms with Crippen LogP contribution in [-0.4, -0.2) is 11.7 Å². The molecule has 16 heavy (non-hydrogen) atoms. The van der Waals surface area contributed by atoms with Crippen LogP contribution in [0, 0.1) is 5.92 Å². The Morgan fingerprint density at radius 2 is 1.94 bits per heavy atom. The molecular formula is C13H12F2O. The summed E-state index contributed by atoms with van der Waals surface area (Å²) < 4.78 is 26.9. The van der Waals surface area contributed by atoms with Crippen LogP contribution >= 0.6 is 0 Å². The van der Waals surface area contributed by atoms with E-state index in [0.29, 0.717) is 5.56 Å². The molecular weight excluding hydrogens is 210 g/mol. The lowest BCUT2D eigenvalue weighted by Gasteiger charge is -1.96. The molecule has 0 aliphatic heterocycles. The van der Waals surface area contributed by atoms with E-state index in [1.807, 2.05) is 0 Å². The molecule has 2 atom stereocenters. The van der Waals surface area contributed by atoms with Crippen molar-refractivity contribution in [2.75, 3.05) is 0 Å². The van der Waals surface area contributed by atoms with Gasteiger partial charge in [0.1, 0.15) is 0 Å². The average Bonchev–Trinajstić information content (AvgIpc) is 2.79. The number of ketones is 1. The molecule has 0 spiro atoms. The molecule has 1 nitrogen and oxygen atoms in total. The maximum absolute atomic E-state index is 13.4. The van der Waals surface area contributed by atoms with Gasteiger partial charge in [-0.15, -0.1) is 0 Å². The van der Waals surface area contributed by atoms with E-state index >= 15 is 0 Å². The van der Waals surface area contributed by atoms with Gasteiger partial charge in [-0.2, -0.15) is 0 Å². The zero-order valence-corrected chi connectivity index (χ0v) is 8.86. The highest BCUT2D eigenvalue weighted by Crippen LogP contribution is 2.62. The van der Waals surface area contributed by atoms with Crippen LogP contribution in [0.25, 0.3) is 0 Å². The molecule has 0 heterocycles. The van der Waals surface area contributed by atoms with Gasteiger partial charge in [0.05, 0.1) is 11.8 Å². The van der Waals surface area contributed by atoms with Crippen molar-refractivity contribution in [3.05, 3.63) is 48.0 Å². The van der Waals surface area contributed by atoms with E-state index in [0.717, 1.165) is 0 Å². The van der Waals surface area contributed by atoms with E-state index in [2.05, 4.69) is 0 Å². The fourth-order valence-electron chi connectivity index (χ4n) is 1.92. The molecule has 1 aromatic rings. The number of carbonyl (C=O) groups excluding carboxylic acids is 1. The largest absolute Gasteiger partial charge is 0.295 e. The molecule has 0 saturated heterocycles. The Kier molecular flexibility index (Phi) is 2.62. The quantitative estimate of drug-likeness (QED) is 0.718. The van der Waals surface area contributed by atoms with Crippen LogP contribution < -0.4 is 0 Å². The van der Waals surface area contributed by atoms with Gasteiger partial charge in [0, 0.05) is 0 Å². The fourth-order valence-corrected chi connectivity index (χ4v) is 1.92. The van der Waals surface area contributed by atoms with Crippen LogP contribution in [-0.2, 0) is 4.79 Å². The lowest BCUT2D eigenvalue weighted by Crippen LogP contribution is -1.93. The van der Waals surface area contributed by atoms with E-state index in [1.54, 1.807) is 30.3 Å². The summed E-state index contributed by atoms with van der Waals surface area (Å²) in [5.74, 6) is -4.52. The zero-order chi connectivity index (χ0) is 11.8. The van der Waals surface area contributed by atoms with Crippen molar-refractivity contribution >= 4 is 5.78 Å². The van der Waals surface area contributed by atoms with Crippen LogP contribution in [0.4, 0.5) is 8.78 Å². The summed E-state index contributed by atoms with van der Waals surface area (Å²) >= 11 is 0. The molecule has 1 fully saturated rings.